The minimum Gasteiger partial charge on any atom is -0.354 e. The second-order valence-corrected chi connectivity index (χ2v) is 5.16. The third kappa shape index (κ3) is 2.52. The van der Waals surface area contributed by atoms with Crippen LogP contribution in [0.3, 0.4) is 0 Å². The van der Waals surface area contributed by atoms with Crippen molar-refractivity contribution in [3.8, 4) is 6.07 Å². The summed E-state index contributed by atoms with van der Waals surface area (Å²) < 4.78 is 0. The Kier molecular flexibility index (Phi) is 3.63. The number of thiophene rings is 1. The summed E-state index contributed by atoms with van der Waals surface area (Å²) in [5, 5.41) is 13.4. The third-order valence-electron chi connectivity index (χ3n) is 2.80. The Morgan fingerprint density at radius 3 is 2.83 bits per heavy atom. The molecule has 0 amide bonds. The molecule has 2 aromatic rings. The summed E-state index contributed by atoms with van der Waals surface area (Å²) in [6.07, 6.45) is 0. The molecule has 2 heterocycles. The fourth-order valence-electron chi connectivity index (χ4n) is 1.96. The number of nitrogens with zero attached hydrogens (tertiary/aromatic N) is 3. The lowest BCUT2D eigenvalue weighted by Crippen LogP contribution is -2.19. The molecule has 0 bridgehead atoms. The molecular weight excluding hydrogens is 242 g/mol. The van der Waals surface area contributed by atoms with Gasteiger partial charge in [-0.15, -0.1) is 0 Å². The van der Waals surface area contributed by atoms with Crippen LogP contribution in [-0.2, 0) is 6.54 Å². The Morgan fingerprint density at radius 1 is 1.44 bits per heavy atom. The van der Waals surface area contributed by atoms with Gasteiger partial charge < -0.3 is 4.90 Å². The second kappa shape index (κ2) is 5.19. The maximum Gasteiger partial charge on any atom is 0.147 e. The van der Waals surface area contributed by atoms with Crippen LogP contribution in [0.2, 0.25) is 0 Å². The van der Waals surface area contributed by atoms with Gasteiger partial charge in [0.1, 0.15) is 11.9 Å². The van der Waals surface area contributed by atoms with Crippen molar-refractivity contribution in [2.24, 2.45) is 0 Å². The molecule has 2 rings (SSSR count). The summed E-state index contributed by atoms with van der Waals surface area (Å²) in [7, 11) is 1.97. The highest BCUT2D eigenvalue weighted by Gasteiger charge is 2.13. The minimum atomic E-state index is 0.665. The SMILES string of the molecule is Cc1cc(C)c(C#N)c(N(C)Cc2ccsc2)n1. The lowest BCUT2D eigenvalue weighted by Gasteiger charge is -2.20. The molecule has 0 N–H and O–H groups in total. The maximum absolute atomic E-state index is 9.25. The molecule has 3 nitrogen and oxygen atoms in total. The van der Waals surface area contributed by atoms with Gasteiger partial charge in [-0.3, -0.25) is 0 Å². The third-order valence-corrected chi connectivity index (χ3v) is 3.53. The molecular formula is C14H15N3S. The second-order valence-electron chi connectivity index (χ2n) is 4.38. The van der Waals surface area contributed by atoms with Gasteiger partial charge in [0, 0.05) is 19.3 Å². The average molecular weight is 257 g/mol. The summed E-state index contributed by atoms with van der Waals surface area (Å²) in [6, 6.07) is 6.29. The summed E-state index contributed by atoms with van der Waals surface area (Å²) in [5.41, 5.74) is 3.83. The first kappa shape index (κ1) is 12.6. The fraction of sp³-hybridized carbons (Fsp3) is 0.286. The Hall–Kier alpha value is -1.86. The van der Waals surface area contributed by atoms with Crippen LogP contribution in [0.15, 0.2) is 22.9 Å². The van der Waals surface area contributed by atoms with E-state index in [0.717, 1.165) is 23.6 Å². The van der Waals surface area contributed by atoms with Crippen molar-refractivity contribution >= 4 is 17.2 Å². The minimum absolute atomic E-state index is 0.665. The molecule has 0 saturated heterocycles. The first-order valence-corrected chi connectivity index (χ1v) is 6.66. The fourth-order valence-corrected chi connectivity index (χ4v) is 2.62. The van der Waals surface area contributed by atoms with Crippen molar-refractivity contribution in [2.75, 3.05) is 11.9 Å². The molecule has 0 aliphatic rings. The number of hydrogen-bond acceptors (Lipinski definition) is 4. The van der Waals surface area contributed by atoms with Crippen LogP contribution in [0.5, 0.6) is 0 Å². The quantitative estimate of drug-likeness (QED) is 0.847. The van der Waals surface area contributed by atoms with Crippen molar-refractivity contribution in [1.82, 2.24) is 4.98 Å². The number of aromatic nitrogens is 1. The first-order chi connectivity index (χ1) is 8.61. The van der Waals surface area contributed by atoms with Crippen molar-refractivity contribution < 1.29 is 0 Å². The molecule has 0 saturated carbocycles. The van der Waals surface area contributed by atoms with Crippen molar-refractivity contribution in [2.45, 2.75) is 20.4 Å². The van der Waals surface area contributed by atoms with Crippen molar-refractivity contribution in [1.29, 1.82) is 5.26 Å². The molecule has 0 radical (unpaired) electrons. The highest BCUT2D eigenvalue weighted by Crippen LogP contribution is 2.22. The van der Waals surface area contributed by atoms with Gasteiger partial charge in [0.05, 0.1) is 5.56 Å². The molecule has 2 aromatic heterocycles. The van der Waals surface area contributed by atoms with Gasteiger partial charge in [-0.1, -0.05) is 0 Å². The Balaban J connectivity index is 2.35. The summed E-state index contributed by atoms with van der Waals surface area (Å²) in [4.78, 5) is 6.52. The van der Waals surface area contributed by atoms with Gasteiger partial charge in [-0.2, -0.15) is 16.6 Å². The van der Waals surface area contributed by atoms with Crippen LogP contribution in [0.1, 0.15) is 22.4 Å². The van der Waals surface area contributed by atoms with E-state index >= 15 is 0 Å². The molecule has 4 heteroatoms. The van der Waals surface area contributed by atoms with E-state index in [-0.39, 0.29) is 0 Å². The number of hydrogen-bond donors (Lipinski definition) is 0. The monoisotopic (exact) mass is 257 g/mol. The van der Waals surface area contributed by atoms with E-state index in [9.17, 15) is 5.26 Å². The number of rotatable bonds is 3. The van der Waals surface area contributed by atoms with Gasteiger partial charge in [0.2, 0.25) is 0 Å². The number of anilines is 1. The molecule has 0 spiro atoms. The zero-order chi connectivity index (χ0) is 13.1. The predicted octanol–water partition coefficient (Wildman–Crippen LogP) is 3.27. The van der Waals surface area contributed by atoms with Crippen LogP contribution in [0.25, 0.3) is 0 Å². The number of pyridine rings is 1. The van der Waals surface area contributed by atoms with Gasteiger partial charge in [-0.25, -0.2) is 4.98 Å². The van der Waals surface area contributed by atoms with Crippen LogP contribution >= 0.6 is 11.3 Å². The predicted molar refractivity (Wildman–Crippen MR) is 74.9 cm³/mol. The van der Waals surface area contributed by atoms with Crippen molar-refractivity contribution in [3.63, 3.8) is 0 Å². The molecule has 0 aliphatic heterocycles. The molecule has 0 fully saturated rings. The van der Waals surface area contributed by atoms with E-state index in [1.807, 2.05) is 31.9 Å². The van der Waals surface area contributed by atoms with Gasteiger partial charge in [0.15, 0.2) is 0 Å². The zero-order valence-electron chi connectivity index (χ0n) is 10.8. The average Bonchev–Trinajstić information content (AvgIpc) is 2.80. The van der Waals surface area contributed by atoms with E-state index in [4.69, 9.17) is 0 Å². The lowest BCUT2D eigenvalue weighted by atomic mass is 10.1. The van der Waals surface area contributed by atoms with E-state index in [0.29, 0.717) is 5.56 Å². The van der Waals surface area contributed by atoms with E-state index in [2.05, 4.69) is 27.9 Å². The number of nitriles is 1. The molecule has 0 unspecified atom stereocenters. The first-order valence-electron chi connectivity index (χ1n) is 5.72. The van der Waals surface area contributed by atoms with Crippen LogP contribution in [0.4, 0.5) is 5.82 Å². The highest BCUT2D eigenvalue weighted by molar-refractivity contribution is 7.07. The maximum atomic E-state index is 9.25. The Morgan fingerprint density at radius 2 is 2.22 bits per heavy atom. The lowest BCUT2D eigenvalue weighted by molar-refractivity contribution is 0.890. The van der Waals surface area contributed by atoms with E-state index in [1.165, 1.54) is 5.56 Å². The Labute approximate surface area is 111 Å². The smallest absolute Gasteiger partial charge is 0.147 e. The molecule has 92 valence electrons. The van der Waals surface area contributed by atoms with E-state index in [1.54, 1.807) is 11.3 Å². The largest absolute Gasteiger partial charge is 0.354 e. The molecule has 0 atom stereocenters. The summed E-state index contributed by atoms with van der Waals surface area (Å²) in [5.74, 6) is 0.765. The van der Waals surface area contributed by atoms with Crippen LogP contribution in [-0.4, -0.2) is 12.0 Å². The standard InChI is InChI=1S/C14H15N3S/c1-10-6-11(2)16-14(13(10)7-15)17(3)8-12-4-5-18-9-12/h4-6,9H,8H2,1-3H3. The van der Waals surface area contributed by atoms with Crippen LogP contribution < -0.4 is 4.90 Å². The number of aryl methyl sites for hydroxylation is 2. The molecule has 0 aromatic carbocycles. The summed E-state index contributed by atoms with van der Waals surface area (Å²) >= 11 is 1.68. The zero-order valence-corrected chi connectivity index (χ0v) is 11.6. The topological polar surface area (TPSA) is 39.9 Å². The highest BCUT2D eigenvalue weighted by atomic mass is 32.1. The normalized spacial score (nSPS) is 10.1. The van der Waals surface area contributed by atoms with Crippen molar-refractivity contribution in [3.05, 3.63) is 45.3 Å². The van der Waals surface area contributed by atoms with Gasteiger partial charge >= 0.3 is 0 Å². The van der Waals surface area contributed by atoms with Gasteiger partial charge in [0.25, 0.3) is 0 Å². The Bertz CT molecular complexity index is 582. The van der Waals surface area contributed by atoms with Crippen LogP contribution in [0, 0.1) is 25.2 Å². The summed E-state index contributed by atoms with van der Waals surface area (Å²) in [6.45, 7) is 4.68. The van der Waals surface area contributed by atoms with E-state index < -0.39 is 0 Å². The molecule has 0 aliphatic carbocycles. The molecule has 18 heavy (non-hydrogen) atoms. The van der Waals surface area contributed by atoms with Gasteiger partial charge in [-0.05, 0) is 47.9 Å².